The molecule has 178 valence electrons. The fourth-order valence-electron chi connectivity index (χ4n) is 4.24. The van der Waals surface area contributed by atoms with Crippen LogP contribution in [0.5, 0.6) is 11.6 Å². The highest BCUT2D eigenvalue weighted by Crippen LogP contribution is 2.43. The molecule has 0 radical (unpaired) electrons. The van der Waals surface area contributed by atoms with Crippen LogP contribution in [0.15, 0.2) is 67.0 Å². The van der Waals surface area contributed by atoms with Gasteiger partial charge in [-0.25, -0.2) is 15.0 Å². The number of ether oxygens (including phenoxy) is 1. The number of fused-ring (bicyclic) bond motifs is 1. The van der Waals surface area contributed by atoms with Gasteiger partial charge in [0.2, 0.25) is 5.88 Å². The molecule has 0 atom stereocenters. The van der Waals surface area contributed by atoms with Gasteiger partial charge in [0.05, 0.1) is 16.0 Å². The lowest BCUT2D eigenvalue weighted by Gasteiger charge is -2.12. The zero-order chi connectivity index (χ0) is 25.4. The van der Waals surface area contributed by atoms with Crippen molar-refractivity contribution in [2.45, 2.75) is 6.92 Å². The number of aromatic nitrogens is 4. The molecule has 10 nitrogen and oxygen atoms in total. The molecule has 0 saturated heterocycles. The van der Waals surface area contributed by atoms with Gasteiger partial charge >= 0.3 is 0 Å². The van der Waals surface area contributed by atoms with E-state index in [1.165, 1.54) is 18.5 Å². The van der Waals surface area contributed by atoms with Crippen molar-refractivity contribution >= 4 is 28.8 Å². The monoisotopic (exact) mass is 480 g/mol. The molecule has 2 aromatic carbocycles. The lowest BCUT2D eigenvalue weighted by molar-refractivity contribution is -0.384. The van der Waals surface area contributed by atoms with Gasteiger partial charge in [0.15, 0.2) is 6.29 Å². The van der Waals surface area contributed by atoms with Crippen molar-refractivity contribution in [2.24, 2.45) is 7.05 Å². The molecule has 5 aromatic rings. The van der Waals surface area contributed by atoms with Gasteiger partial charge in [-0.2, -0.15) is 0 Å². The molecule has 0 saturated carbocycles. The van der Waals surface area contributed by atoms with E-state index < -0.39 is 4.92 Å². The first-order valence-electron chi connectivity index (χ1n) is 10.9. The van der Waals surface area contributed by atoms with Gasteiger partial charge in [0.25, 0.3) is 5.69 Å². The van der Waals surface area contributed by atoms with E-state index in [-0.39, 0.29) is 11.5 Å². The quantitative estimate of drug-likeness (QED) is 0.201. The van der Waals surface area contributed by atoms with Gasteiger partial charge in [0, 0.05) is 42.1 Å². The van der Waals surface area contributed by atoms with E-state index in [1.807, 2.05) is 30.7 Å². The third kappa shape index (κ3) is 3.90. The fraction of sp³-hybridized carbons (Fsp3) is 0.0769. The number of carbonyl (C=O) groups is 1. The number of benzene rings is 2. The van der Waals surface area contributed by atoms with Crippen molar-refractivity contribution in [3.8, 4) is 34.0 Å². The van der Waals surface area contributed by atoms with Crippen LogP contribution in [0.3, 0.4) is 0 Å². The number of non-ortho nitro benzene ring substituents is 1. The third-order valence-electron chi connectivity index (χ3n) is 5.85. The van der Waals surface area contributed by atoms with E-state index in [1.54, 1.807) is 36.4 Å². The number of nitrogen functional groups attached to an aromatic ring is 1. The Labute approximate surface area is 205 Å². The molecule has 0 aliphatic heterocycles. The van der Waals surface area contributed by atoms with Crippen molar-refractivity contribution < 1.29 is 14.5 Å². The Morgan fingerprint density at radius 2 is 1.86 bits per heavy atom. The molecule has 2 N–H and O–H groups in total. The summed E-state index contributed by atoms with van der Waals surface area (Å²) in [5.74, 6) is 1.11. The molecule has 3 aromatic heterocycles. The molecular weight excluding hydrogens is 460 g/mol. The Bertz CT molecular complexity index is 1640. The Hall–Kier alpha value is -5.12. The van der Waals surface area contributed by atoms with Crippen molar-refractivity contribution in [3.63, 3.8) is 0 Å². The molecule has 0 fully saturated rings. The van der Waals surface area contributed by atoms with Crippen molar-refractivity contribution in [1.82, 2.24) is 19.5 Å². The maximum atomic E-state index is 12.2. The summed E-state index contributed by atoms with van der Waals surface area (Å²) in [5.41, 5.74) is 10.6. The minimum absolute atomic E-state index is 0.0294. The Kier molecular flexibility index (Phi) is 5.61. The minimum atomic E-state index is -0.456. The van der Waals surface area contributed by atoms with Gasteiger partial charge in [0.1, 0.15) is 23.5 Å². The third-order valence-corrected chi connectivity index (χ3v) is 5.85. The number of nitro groups is 1. The van der Waals surface area contributed by atoms with Crippen LogP contribution in [-0.2, 0) is 7.05 Å². The molecule has 0 spiro atoms. The van der Waals surface area contributed by atoms with E-state index in [2.05, 4.69) is 15.0 Å². The highest BCUT2D eigenvalue weighted by Gasteiger charge is 2.24. The maximum Gasteiger partial charge on any atom is 0.269 e. The summed E-state index contributed by atoms with van der Waals surface area (Å²) in [7, 11) is 1.82. The lowest BCUT2D eigenvalue weighted by atomic mass is 9.95. The highest BCUT2D eigenvalue weighted by molar-refractivity contribution is 6.10. The second-order valence-corrected chi connectivity index (χ2v) is 8.13. The van der Waals surface area contributed by atoms with Crippen LogP contribution in [0.1, 0.15) is 16.1 Å². The summed E-state index contributed by atoms with van der Waals surface area (Å²) in [6.07, 6.45) is 2.11. The normalized spacial score (nSPS) is 10.9. The van der Waals surface area contributed by atoms with Gasteiger partial charge < -0.3 is 15.0 Å². The molecule has 0 unspecified atom stereocenters. The first-order chi connectivity index (χ1) is 17.4. The number of nitrogens with two attached hydrogens (primary N) is 1. The van der Waals surface area contributed by atoms with Crippen LogP contribution in [0, 0.1) is 17.0 Å². The predicted octanol–water partition coefficient (Wildman–Crippen LogP) is 5.10. The first kappa shape index (κ1) is 22.7. The number of hydrogen-bond donors (Lipinski definition) is 1. The molecule has 0 bridgehead atoms. The zero-order valence-electron chi connectivity index (χ0n) is 19.4. The summed E-state index contributed by atoms with van der Waals surface area (Å²) in [6, 6.07) is 16.7. The molecule has 0 amide bonds. The number of nitrogens with zero attached hydrogens (tertiary/aromatic N) is 5. The van der Waals surface area contributed by atoms with Crippen LogP contribution in [-0.4, -0.2) is 30.7 Å². The van der Waals surface area contributed by atoms with Crippen LogP contribution < -0.4 is 10.5 Å². The lowest BCUT2D eigenvalue weighted by Crippen LogP contribution is -1.96. The summed E-state index contributed by atoms with van der Waals surface area (Å²) in [6.45, 7) is 1.86. The van der Waals surface area contributed by atoms with Crippen molar-refractivity contribution in [2.75, 3.05) is 5.73 Å². The summed E-state index contributed by atoms with van der Waals surface area (Å²) in [4.78, 5) is 35.8. The fourth-order valence-corrected chi connectivity index (χ4v) is 4.24. The molecular formula is C26H20N6O4. The summed E-state index contributed by atoms with van der Waals surface area (Å²) >= 11 is 0. The van der Waals surface area contributed by atoms with E-state index in [4.69, 9.17) is 10.5 Å². The second-order valence-electron chi connectivity index (χ2n) is 8.13. The van der Waals surface area contributed by atoms with E-state index in [9.17, 15) is 14.9 Å². The number of aldehydes is 1. The molecule has 36 heavy (non-hydrogen) atoms. The largest absolute Gasteiger partial charge is 0.439 e. The number of pyridine rings is 1. The highest BCUT2D eigenvalue weighted by atomic mass is 16.6. The van der Waals surface area contributed by atoms with Crippen molar-refractivity contribution in [3.05, 3.63) is 88.4 Å². The zero-order valence-corrected chi connectivity index (χ0v) is 19.4. The number of hydrogen-bond acceptors (Lipinski definition) is 8. The van der Waals surface area contributed by atoms with Crippen LogP contribution >= 0.6 is 0 Å². The number of carbonyl (C=O) groups excluding carboxylic acids is 1. The van der Waals surface area contributed by atoms with Crippen LogP contribution in [0.25, 0.3) is 33.4 Å². The first-order valence-corrected chi connectivity index (χ1v) is 10.9. The molecule has 5 rings (SSSR count). The second kappa shape index (κ2) is 8.91. The average Bonchev–Trinajstić information content (AvgIpc) is 3.17. The minimum Gasteiger partial charge on any atom is -0.439 e. The molecule has 3 heterocycles. The number of anilines is 1. The Balaban J connectivity index is 1.72. The summed E-state index contributed by atoms with van der Waals surface area (Å²) < 4.78 is 7.70. The standard InChI is InChI=1S/C26H20N6O4/c1-15-4-3-5-21(30-15)36-19-10-11-20(17(12-19)13-33)22-23-25(27)28-14-29-26(23)31(2)24(22)16-6-8-18(9-7-16)32(34)35/h3-14H,1-2H3,(H2,27,28,29). The predicted molar refractivity (Wildman–Crippen MR) is 135 cm³/mol. The van der Waals surface area contributed by atoms with Crippen molar-refractivity contribution in [1.29, 1.82) is 0 Å². The number of rotatable bonds is 6. The molecule has 0 aliphatic rings. The van der Waals surface area contributed by atoms with E-state index >= 15 is 0 Å². The van der Waals surface area contributed by atoms with Crippen LogP contribution in [0.4, 0.5) is 11.5 Å². The van der Waals surface area contributed by atoms with Crippen LogP contribution in [0.2, 0.25) is 0 Å². The topological polar surface area (TPSA) is 139 Å². The van der Waals surface area contributed by atoms with E-state index in [0.29, 0.717) is 50.6 Å². The van der Waals surface area contributed by atoms with Gasteiger partial charge in [-0.15, -0.1) is 0 Å². The Morgan fingerprint density at radius 3 is 2.56 bits per heavy atom. The Morgan fingerprint density at radius 1 is 1.08 bits per heavy atom. The SMILES string of the molecule is Cc1cccc(Oc2ccc(-c3c(-c4ccc([N+](=O)[O-])cc4)n(C)c4ncnc(N)c34)c(C=O)c2)n1. The molecule has 0 aliphatic carbocycles. The smallest absolute Gasteiger partial charge is 0.269 e. The average molecular weight is 480 g/mol. The summed E-state index contributed by atoms with van der Waals surface area (Å²) in [5, 5.41) is 11.7. The van der Waals surface area contributed by atoms with Gasteiger partial charge in [-0.1, -0.05) is 6.07 Å². The number of aryl methyl sites for hydroxylation is 2. The molecule has 10 heteroatoms. The number of nitro benzene ring substituents is 1. The van der Waals surface area contributed by atoms with Gasteiger partial charge in [-0.3, -0.25) is 14.9 Å². The van der Waals surface area contributed by atoms with E-state index in [0.717, 1.165) is 12.0 Å². The van der Waals surface area contributed by atoms with Gasteiger partial charge in [-0.05, 0) is 54.4 Å². The maximum absolute atomic E-state index is 12.2.